The van der Waals surface area contributed by atoms with Gasteiger partial charge in [0, 0.05) is 19.0 Å². The molecule has 1 aliphatic heterocycles. The molecule has 3 rings (SSSR count). The fourth-order valence-electron chi connectivity index (χ4n) is 3.65. The van der Waals surface area contributed by atoms with Gasteiger partial charge in [-0.15, -0.1) is 0 Å². The molecule has 2 heterocycles. The number of aryl methyl sites for hydroxylation is 1. The number of hydrogen-bond acceptors (Lipinski definition) is 5. The van der Waals surface area contributed by atoms with Gasteiger partial charge in [-0.1, -0.05) is 49.3 Å². The summed E-state index contributed by atoms with van der Waals surface area (Å²) in [5.74, 6) is 0.406. The van der Waals surface area contributed by atoms with Crippen LogP contribution in [0.15, 0.2) is 34.9 Å². The molecular formula is C22H28N2O4. The monoisotopic (exact) mass is 384 g/mol. The highest BCUT2D eigenvalue weighted by Gasteiger charge is 2.27. The van der Waals surface area contributed by atoms with Crippen molar-refractivity contribution in [1.29, 1.82) is 0 Å². The van der Waals surface area contributed by atoms with Crippen molar-refractivity contribution in [2.75, 3.05) is 19.7 Å². The first-order valence-corrected chi connectivity index (χ1v) is 9.90. The molecule has 0 saturated carbocycles. The van der Waals surface area contributed by atoms with E-state index in [0.29, 0.717) is 36.0 Å². The molecule has 0 spiro atoms. The van der Waals surface area contributed by atoms with Gasteiger partial charge in [-0.05, 0) is 37.7 Å². The van der Waals surface area contributed by atoms with Crippen LogP contribution in [-0.2, 0) is 16.0 Å². The first-order valence-electron chi connectivity index (χ1n) is 9.90. The van der Waals surface area contributed by atoms with E-state index in [1.807, 2.05) is 19.9 Å². The number of esters is 1. The topological polar surface area (TPSA) is 72.6 Å². The van der Waals surface area contributed by atoms with Crippen molar-refractivity contribution < 1.29 is 18.8 Å². The zero-order valence-electron chi connectivity index (χ0n) is 16.8. The second kappa shape index (κ2) is 9.04. The van der Waals surface area contributed by atoms with Gasteiger partial charge in [-0.25, -0.2) is 4.79 Å². The third-order valence-electron chi connectivity index (χ3n) is 5.28. The minimum absolute atomic E-state index is 0.0168. The van der Waals surface area contributed by atoms with E-state index in [4.69, 9.17) is 9.26 Å². The maximum absolute atomic E-state index is 12.5. The Morgan fingerprint density at radius 1 is 1.21 bits per heavy atom. The molecule has 0 aliphatic carbocycles. The number of hydrogen-bond donors (Lipinski definition) is 0. The number of piperidine rings is 1. The Kier molecular flexibility index (Phi) is 6.49. The molecule has 1 aromatic carbocycles. The van der Waals surface area contributed by atoms with Crippen LogP contribution in [0.4, 0.5) is 0 Å². The Labute approximate surface area is 165 Å². The summed E-state index contributed by atoms with van der Waals surface area (Å²) in [6, 6.07) is 10.4. The summed E-state index contributed by atoms with van der Waals surface area (Å²) >= 11 is 0. The van der Waals surface area contributed by atoms with Crippen molar-refractivity contribution in [1.82, 2.24) is 10.1 Å². The molecular weight excluding hydrogens is 356 g/mol. The van der Waals surface area contributed by atoms with Gasteiger partial charge in [0.1, 0.15) is 5.56 Å². The van der Waals surface area contributed by atoms with Gasteiger partial charge < -0.3 is 14.2 Å². The van der Waals surface area contributed by atoms with Crippen LogP contribution in [0.25, 0.3) is 0 Å². The standard InChI is InChI=1S/C22H28N2O4/c1-15(2)21-20(16(3)23-28-21)22(26)27-14-19(25)24-11-9-18(10-12-24)13-17-7-5-4-6-8-17/h4-8,15,18H,9-14H2,1-3H3. The number of aromatic nitrogens is 1. The van der Waals surface area contributed by atoms with Gasteiger partial charge in [0.05, 0.1) is 5.69 Å². The molecule has 6 heteroatoms. The van der Waals surface area contributed by atoms with Crippen molar-refractivity contribution in [3.05, 3.63) is 52.9 Å². The molecule has 6 nitrogen and oxygen atoms in total. The van der Waals surface area contributed by atoms with Crippen LogP contribution < -0.4 is 0 Å². The summed E-state index contributed by atoms with van der Waals surface area (Å²) < 4.78 is 10.5. The molecule has 150 valence electrons. The minimum Gasteiger partial charge on any atom is -0.452 e. The maximum Gasteiger partial charge on any atom is 0.344 e. The van der Waals surface area contributed by atoms with E-state index in [2.05, 4.69) is 29.4 Å². The van der Waals surface area contributed by atoms with Crippen LogP contribution in [-0.4, -0.2) is 41.6 Å². The van der Waals surface area contributed by atoms with Gasteiger partial charge in [-0.3, -0.25) is 4.79 Å². The van der Waals surface area contributed by atoms with Gasteiger partial charge in [0.25, 0.3) is 5.91 Å². The summed E-state index contributed by atoms with van der Waals surface area (Å²) in [7, 11) is 0. The van der Waals surface area contributed by atoms with Gasteiger partial charge >= 0.3 is 5.97 Å². The molecule has 28 heavy (non-hydrogen) atoms. The largest absolute Gasteiger partial charge is 0.452 e. The Bertz CT molecular complexity index is 805. The SMILES string of the molecule is Cc1noc(C(C)C)c1C(=O)OCC(=O)N1CCC(Cc2ccccc2)CC1. The number of carbonyl (C=O) groups excluding carboxylic acids is 2. The predicted octanol–water partition coefficient (Wildman–Crippen LogP) is 3.74. The van der Waals surface area contributed by atoms with Crippen molar-refractivity contribution in [2.24, 2.45) is 5.92 Å². The molecule has 2 aromatic rings. The van der Waals surface area contributed by atoms with Crippen molar-refractivity contribution in [3.63, 3.8) is 0 Å². The smallest absolute Gasteiger partial charge is 0.344 e. The molecule has 1 aliphatic rings. The van der Waals surface area contributed by atoms with Crippen LogP contribution in [0.1, 0.15) is 60.0 Å². The van der Waals surface area contributed by atoms with Crippen molar-refractivity contribution in [2.45, 2.75) is 46.0 Å². The number of benzene rings is 1. The Morgan fingerprint density at radius 3 is 2.54 bits per heavy atom. The van der Waals surface area contributed by atoms with Gasteiger partial charge in [0.15, 0.2) is 12.4 Å². The molecule has 0 N–H and O–H groups in total. The summed E-state index contributed by atoms with van der Waals surface area (Å²) in [6.07, 6.45) is 2.98. The summed E-state index contributed by atoms with van der Waals surface area (Å²) in [5.41, 5.74) is 2.17. The van der Waals surface area contributed by atoms with E-state index in [1.54, 1.807) is 11.8 Å². The number of rotatable bonds is 6. The molecule has 0 unspecified atom stereocenters. The number of ether oxygens (including phenoxy) is 1. The van der Waals surface area contributed by atoms with E-state index in [0.717, 1.165) is 19.3 Å². The Hall–Kier alpha value is -2.63. The third-order valence-corrected chi connectivity index (χ3v) is 5.28. The van der Waals surface area contributed by atoms with E-state index in [1.165, 1.54) is 5.56 Å². The fraction of sp³-hybridized carbons (Fsp3) is 0.500. The minimum atomic E-state index is -0.547. The summed E-state index contributed by atoms with van der Waals surface area (Å²) in [5, 5.41) is 3.85. The maximum atomic E-state index is 12.5. The second-order valence-electron chi connectivity index (χ2n) is 7.75. The van der Waals surface area contributed by atoms with E-state index < -0.39 is 5.97 Å². The average molecular weight is 384 g/mol. The number of carbonyl (C=O) groups is 2. The zero-order chi connectivity index (χ0) is 20.1. The van der Waals surface area contributed by atoms with E-state index >= 15 is 0 Å². The predicted molar refractivity (Wildman–Crippen MR) is 105 cm³/mol. The van der Waals surface area contributed by atoms with Crippen LogP contribution in [0.5, 0.6) is 0 Å². The number of likely N-dealkylation sites (tertiary alicyclic amines) is 1. The zero-order valence-corrected chi connectivity index (χ0v) is 16.8. The molecule has 1 aromatic heterocycles. The average Bonchev–Trinajstić information content (AvgIpc) is 3.09. The van der Waals surface area contributed by atoms with Crippen LogP contribution >= 0.6 is 0 Å². The lowest BCUT2D eigenvalue weighted by molar-refractivity contribution is -0.135. The molecule has 1 amide bonds. The third kappa shape index (κ3) is 4.80. The highest BCUT2D eigenvalue weighted by atomic mass is 16.5. The van der Waals surface area contributed by atoms with E-state index in [-0.39, 0.29) is 18.4 Å². The Balaban J connectivity index is 1.47. The lowest BCUT2D eigenvalue weighted by Gasteiger charge is -2.32. The molecule has 1 saturated heterocycles. The highest BCUT2D eigenvalue weighted by molar-refractivity contribution is 5.93. The Morgan fingerprint density at radius 2 is 1.89 bits per heavy atom. The summed E-state index contributed by atoms with van der Waals surface area (Å²) in [6.45, 7) is 6.70. The molecule has 0 bridgehead atoms. The number of nitrogens with zero attached hydrogens (tertiary/aromatic N) is 2. The van der Waals surface area contributed by atoms with Crippen LogP contribution in [0.3, 0.4) is 0 Å². The molecule has 1 fully saturated rings. The second-order valence-corrected chi connectivity index (χ2v) is 7.75. The number of amides is 1. The lowest BCUT2D eigenvalue weighted by Crippen LogP contribution is -2.41. The molecule has 0 atom stereocenters. The first kappa shape index (κ1) is 20.1. The first-order chi connectivity index (χ1) is 13.5. The van der Waals surface area contributed by atoms with Crippen LogP contribution in [0, 0.1) is 12.8 Å². The van der Waals surface area contributed by atoms with Crippen molar-refractivity contribution in [3.8, 4) is 0 Å². The highest BCUT2D eigenvalue weighted by Crippen LogP contribution is 2.24. The van der Waals surface area contributed by atoms with Gasteiger partial charge in [-0.2, -0.15) is 0 Å². The quantitative estimate of drug-likeness (QED) is 0.710. The lowest BCUT2D eigenvalue weighted by atomic mass is 9.90. The van der Waals surface area contributed by atoms with Crippen molar-refractivity contribution >= 4 is 11.9 Å². The van der Waals surface area contributed by atoms with Gasteiger partial charge in [0.2, 0.25) is 0 Å². The fourth-order valence-corrected chi connectivity index (χ4v) is 3.65. The van der Waals surface area contributed by atoms with Crippen LogP contribution in [0.2, 0.25) is 0 Å². The summed E-state index contributed by atoms with van der Waals surface area (Å²) in [4.78, 5) is 26.6. The molecule has 0 radical (unpaired) electrons. The normalized spacial score (nSPS) is 15.1. The van der Waals surface area contributed by atoms with E-state index in [9.17, 15) is 9.59 Å².